The largest absolute Gasteiger partial charge is 0.344 e. The van der Waals surface area contributed by atoms with Gasteiger partial charge in [-0.3, -0.25) is 4.79 Å². The van der Waals surface area contributed by atoms with Crippen molar-refractivity contribution >= 4 is 5.91 Å². The van der Waals surface area contributed by atoms with Gasteiger partial charge in [-0.1, -0.05) is 125 Å². The lowest BCUT2D eigenvalue weighted by Crippen LogP contribution is -2.31. The molecule has 0 saturated heterocycles. The second-order valence-corrected chi connectivity index (χ2v) is 10.6. The Morgan fingerprint density at radius 2 is 1.49 bits per heavy atom. The number of hydrogen-bond acceptors (Lipinski definition) is 2. The average Bonchev–Trinajstić information content (AvgIpc) is 3.31. The minimum Gasteiger partial charge on any atom is -0.344 e. The van der Waals surface area contributed by atoms with Gasteiger partial charge in [0.05, 0.1) is 6.04 Å². The van der Waals surface area contributed by atoms with E-state index in [2.05, 4.69) is 93.0 Å². The molecule has 0 aliphatic heterocycles. The fourth-order valence-electron chi connectivity index (χ4n) is 4.77. The third kappa shape index (κ3) is 6.02. The van der Waals surface area contributed by atoms with Crippen LogP contribution in [-0.4, -0.2) is 15.5 Å². The minimum atomic E-state index is -0.0867. The van der Waals surface area contributed by atoms with Crippen LogP contribution in [0.1, 0.15) is 81.5 Å². The summed E-state index contributed by atoms with van der Waals surface area (Å²) in [6, 6.07) is 28.8. The molecule has 1 aromatic heterocycles. The van der Waals surface area contributed by atoms with Gasteiger partial charge in [0, 0.05) is 17.7 Å². The number of unbranched alkanes of at least 4 members (excludes halogenated alkanes) is 1. The lowest BCUT2D eigenvalue weighted by atomic mass is 9.86. The lowest BCUT2D eigenvalue weighted by Gasteiger charge is -2.21. The molecule has 192 valence electrons. The van der Waals surface area contributed by atoms with Crippen LogP contribution in [0.5, 0.6) is 0 Å². The summed E-state index contributed by atoms with van der Waals surface area (Å²) < 4.78 is 2.06. The number of benzene rings is 3. The topological polar surface area (TPSA) is 46.9 Å². The van der Waals surface area contributed by atoms with E-state index in [0.29, 0.717) is 12.2 Å². The summed E-state index contributed by atoms with van der Waals surface area (Å²) in [5.74, 6) is 0.726. The number of carbonyl (C=O) groups excluding carboxylic acids is 1. The second-order valence-electron chi connectivity index (χ2n) is 10.6. The van der Waals surface area contributed by atoms with Gasteiger partial charge >= 0.3 is 0 Å². The first kappa shape index (κ1) is 26.4. The highest BCUT2D eigenvalue weighted by molar-refractivity contribution is 5.99. The summed E-state index contributed by atoms with van der Waals surface area (Å²) in [7, 11) is 0. The lowest BCUT2D eigenvalue weighted by molar-refractivity contribution is 0.0925. The summed E-state index contributed by atoms with van der Waals surface area (Å²) in [5, 5.41) is 3.37. The zero-order chi connectivity index (χ0) is 26.4. The van der Waals surface area contributed by atoms with Gasteiger partial charge in [-0.15, -0.1) is 0 Å². The Morgan fingerprint density at radius 3 is 2.05 bits per heavy atom. The molecule has 4 nitrogen and oxygen atoms in total. The standard InChI is InChI=1S/C33H39N3O/c1-6-8-19-28(24-15-11-9-12-16-24)34-32(37)30-29(25-20-22-27(23-21-25)33(3,4)5)35-31(36(30)7-2)26-17-13-10-14-18-26/h9-18,20-23,28H,6-8,19H2,1-5H3,(H,34,37). The van der Waals surface area contributed by atoms with Crippen molar-refractivity contribution < 1.29 is 4.79 Å². The van der Waals surface area contributed by atoms with Crippen molar-refractivity contribution in [2.24, 2.45) is 0 Å². The molecule has 0 saturated carbocycles. The van der Waals surface area contributed by atoms with Gasteiger partial charge in [-0.2, -0.15) is 0 Å². The van der Waals surface area contributed by atoms with E-state index in [-0.39, 0.29) is 17.4 Å². The molecule has 0 bridgehead atoms. The van der Waals surface area contributed by atoms with Crippen LogP contribution in [0.4, 0.5) is 0 Å². The molecule has 0 aliphatic rings. The molecule has 1 heterocycles. The summed E-state index contributed by atoms with van der Waals surface area (Å²) in [4.78, 5) is 19.1. The van der Waals surface area contributed by atoms with Gasteiger partial charge in [0.25, 0.3) is 5.91 Å². The Morgan fingerprint density at radius 1 is 0.865 bits per heavy atom. The van der Waals surface area contributed by atoms with E-state index in [1.165, 1.54) is 5.56 Å². The zero-order valence-corrected chi connectivity index (χ0v) is 22.8. The van der Waals surface area contributed by atoms with Gasteiger partial charge in [-0.05, 0) is 29.9 Å². The molecule has 1 unspecified atom stereocenters. The quantitative estimate of drug-likeness (QED) is 0.255. The maximum absolute atomic E-state index is 14.1. The van der Waals surface area contributed by atoms with Crippen molar-refractivity contribution in [1.29, 1.82) is 0 Å². The van der Waals surface area contributed by atoms with E-state index in [4.69, 9.17) is 4.98 Å². The monoisotopic (exact) mass is 493 g/mol. The van der Waals surface area contributed by atoms with E-state index < -0.39 is 0 Å². The number of carbonyl (C=O) groups is 1. The molecule has 1 atom stereocenters. The molecule has 4 rings (SSSR count). The number of rotatable bonds is 9. The van der Waals surface area contributed by atoms with Crippen LogP contribution in [0.15, 0.2) is 84.9 Å². The normalized spacial score (nSPS) is 12.4. The van der Waals surface area contributed by atoms with Crippen molar-refractivity contribution in [3.8, 4) is 22.6 Å². The first-order valence-electron chi connectivity index (χ1n) is 13.5. The van der Waals surface area contributed by atoms with Crippen LogP contribution in [0.3, 0.4) is 0 Å². The summed E-state index contributed by atoms with van der Waals surface area (Å²) in [5.41, 5.74) is 5.73. The van der Waals surface area contributed by atoms with Crippen molar-refractivity contribution in [2.75, 3.05) is 0 Å². The van der Waals surface area contributed by atoms with Crippen LogP contribution >= 0.6 is 0 Å². The van der Waals surface area contributed by atoms with Crippen molar-refractivity contribution in [1.82, 2.24) is 14.9 Å². The van der Waals surface area contributed by atoms with Gasteiger partial charge in [0.1, 0.15) is 17.2 Å². The van der Waals surface area contributed by atoms with Crippen LogP contribution in [0, 0.1) is 0 Å². The Hall–Kier alpha value is -3.66. The number of aromatic nitrogens is 2. The number of hydrogen-bond donors (Lipinski definition) is 1. The molecule has 0 radical (unpaired) electrons. The fraction of sp³-hybridized carbons (Fsp3) is 0.333. The minimum absolute atomic E-state index is 0.0508. The van der Waals surface area contributed by atoms with Crippen molar-refractivity contribution in [2.45, 2.75) is 71.9 Å². The zero-order valence-electron chi connectivity index (χ0n) is 22.8. The van der Waals surface area contributed by atoms with Gasteiger partial charge in [0.2, 0.25) is 0 Å². The molecule has 4 heteroatoms. The Labute approximate surface area is 221 Å². The van der Waals surface area contributed by atoms with Crippen LogP contribution in [0.2, 0.25) is 0 Å². The number of nitrogens with one attached hydrogen (secondary N) is 1. The van der Waals surface area contributed by atoms with Crippen LogP contribution < -0.4 is 5.32 Å². The van der Waals surface area contributed by atoms with Gasteiger partial charge in [-0.25, -0.2) is 4.98 Å². The van der Waals surface area contributed by atoms with Crippen molar-refractivity contribution in [3.63, 3.8) is 0 Å². The molecule has 0 spiro atoms. The highest BCUT2D eigenvalue weighted by Crippen LogP contribution is 2.32. The summed E-state index contributed by atoms with van der Waals surface area (Å²) in [6.07, 6.45) is 3.02. The van der Waals surface area contributed by atoms with Gasteiger partial charge in [0.15, 0.2) is 0 Å². The Bertz CT molecular complexity index is 1300. The predicted molar refractivity (Wildman–Crippen MR) is 154 cm³/mol. The summed E-state index contributed by atoms with van der Waals surface area (Å²) in [6.45, 7) is 11.5. The van der Waals surface area contributed by atoms with E-state index >= 15 is 0 Å². The SMILES string of the molecule is CCCCC(NC(=O)c1c(-c2ccc(C(C)(C)C)cc2)nc(-c2ccccc2)n1CC)c1ccccc1. The van der Waals surface area contributed by atoms with Crippen LogP contribution in [-0.2, 0) is 12.0 Å². The van der Waals surface area contributed by atoms with E-state index in [0.717, 1.165) is 47.5 Å². The molecule has 3 aromatic carbocycles. The third-order valence-electron chi connectivity index (χ3n) is 6.91. The maximum atomic E-state index is 14.1. The molecule has 1 amide bonds. The van der Waals surface area contributed by atoms with Gasteiger partial charge < -0.3 is 9.88 Å². The number of amides is 1. The van der Waals surface area contributed by atoms with E-state index in [1.807, 2.05) is 36.4 Å². The predicted octanol–water partition coefficient (Wildman–Crippen LogP) is 8.20. The highest BCUT2D eigenvalue weighted by Gasteiger charge is 2.26. The molecule has 1 N–H and O–H groups in total. The first-order chi connectivity index (χ1) is 17.8. The Balaban J connectivity index is 1.81. The first-order valence-corrected chi connectivity index (χ1v) is 13.5. The Kier molecular flexibility index (Phi) is 8.27. The maximum Gasteiger partial charge on any atom is 0.270 e. The fourth-order valence-corrected chi connectivity index (χ4v) is 4.77. The molecular weight excluding hydrogens is 454 g/mol. The third-order valence-corrected chi connectivity index (χ3v) is 6.91. The molecule has 37 heavy (non-hydrogen) atoms. The second kappa shape index (κ2) is 11.6. The smallest absolute Gasteiger partial charge is 0.270 e. The molecule has 4 aromatic rings. The molecule has 0 aliphatic carbocycles. The number of imidazole rings is 1. The highest BCUT2D eigenvalue weighted by atomic mass is 16.2. The van der Waals surface area contributed by atoms with E-state index in [1.54, 1.807) is 0 Å². The van der Waals surface area contributed by atoms with Crippen LogP contribution in [0.25, 0.3) is 22.6 Å². The average molecular weight is 494 g/mol. The summed E-state index contributed by atoms with van der Waals surface area (Å²) >= 11 is 0. The van der Waals surface area contributed by atoms with Crippen molar-refractivity contribution in [3.05, 3.63) is 102 Å². The molecule has 0 fully saturated rings. The molecular formula is C33H39N3O. The van der Waals surface area contributed by atoms with E-state index in [9.17, 15) is 4.79 Å². The number of nitrogens with zero attached hydrogens (tertiary/aromatic N) is 2.